The summed E-state index contributed by atoms with van der Waals surface area (Å²) in [6.45, 7) is 10.9. The lowest BCUT2D eigenvalue weighted by Crippen LogP contribution is -2.95. The Kier molecular flexibility index (Phi) is 7.66. The molecule has 5 heteroatoms. The van der Waals surface area contributed by atoms with E-state index in [1.807, 2.05) is 0 Å². The highest BCUT2D eigenvalue weighted by Crippen LogP contribution is 2.64. The standard InChI is InChI=1S/C31H57N3O2/c1-21(2)13-22-7-9-29(16-22)17-24(14-23-5-6-27(32)34-19-23)15-25(18-29)31-10-8-26(28(3,4)36-31)30(33,20-31)11-12-35/h21-27,34-35H,5-20,32-33H2,1-4H3/p+2. The molecule has 3 aliphatic heterocycles. The lowest BCUT2D eigenvalue weighted by Gasteiger charge is -2.64. The molecule has 0 aromatic carbocycles. The number of aliphatic hydroxyl groups excluding tert-OH is 1. The van der Waals surface area contributed by atoms with Gasteiger partial charge in [0, 0.05) is 37.7 Å². The minimum Gasteiger partial charge on any atom is -0.396 e. The van der Waals surface area contributed by atoms with Gasteiger partial charge in [0.2, 0.25) is 0 Å². The molecular weight excluding hydrogens is 446 g/mol. The third-order valence-corrected chi connectivity index (χ3v) is 11.9. The fourth-order valence-corrected chi connectivity index (χ4v) is 10.8. The molecule has 8 N–H and O–H groups in total. The molecular formula is C31H59N3O2+2. The van der Waals surface area contributed by atoms with Gasteiger partial charge in [-0.25, -0.2) is 0 Å². The number of rotatable bonds is 7. The molecule has 3 saturated carbocycles. The molecule has 0 amide bonds. The van der Waals surface area contributed by atoms with Crippen molar-refractivity contribution in [1.29, 1.82) is 0 Å². The lowest BCUT2D eigenvalue weighted by atomic mass is 9.50. The number of fused-ring (bicyclic) bond motifs is 3. The summed E-state index contributed by atoms with van der Waals surface area (Å²) in [6.07, 6.45) is 18.4. The normalized spacial score (nSPS) is 48.7. The molecule has 0 aromatic rings. The highest BCUT2D eigenvalue weighted by molar-refractivity contribution is 5.14. The van der Waals surface area contributed by atoms with Crippen molar-refractivity contribution in [3.8, 4) is 0 Å². The van der Waals surface area contributed by atoms with Crippen molar-refractivity contribution in [1.82, 2.24) is 0 Å². The van der Waals surface area contributed by atoms with E-state index in [1.165, 1.54) is 83.6 Å². The number of ether oxygens (including phenoxy) is 1. The third-order valence-electron chi connectivity index (χ3n) is 11.9. The van der Waals surface area contributed by atoms with Crippen LogP contribution in [0.15, 0.2) is 0 Å². The summed E-state index contributed by atoms with van der Waals surface area (Å²) < 4.78 is 7.24. The fraction of sp³-hybridized carbons (Fsp3) is 1.00. The Bertz CT molecular complexity index is 765. The van der Waals surface area contributed by atoms with Gasteiger partial charge in [-0.1, -0.05) is 13.8 Å². The first-order valence-corrected chi connectivity index (χ1v) is 15.7. The van der Waals surface area contributed by atoms with E-state index < -0.39 is 0 Å². The van der Waals surface area contributed by atoms with Gasteiger partial charge in [0.25, 0.3) is 0 Å². The monoisotopic (exact) mass is 505 g/mol. The molecule has 1 spiro atoms. The molecule has 208 valence electrons. The molecule has 9 atom stereocenters. The van der Waals surface area contributed by atoms with Gasteiger partial charge in [-0.05, 0) is 114 Å². The molecule has 5 nitrogen and oxygen atoms in total. The first-order valence-electron chi connectivity index (χ1n) is 15.7. The average molecular weight is 506 g/mol. The molecule has 3 heterocycles. The zero-order valence-electron chi connectivity index (χ0n) is 24.1. The van der Waals surface area contributed by atoms with Gasteiger partial charge in [0.05, 0.1) is 17.7 Å². The summed E-state index contributed by atoms with van der Waals surface area (Å²) in [5.74, 6) is 4.48. The highest BCUT2D eigenvalue weighted by atomic mass is 16.5. The first kappa shape index (κ1) is 27.4. The molecule has 6 fully saturated rings. The molecule has 36 heavy (non-hydrogen) atoms. The second kappa shape index (κ2) is 10.1. The van der Waals surface area contributed by atoms with Gasteiger partial charge in [-0.3, -0.25) is 5.73 Å². The SMILES string of the molecule is CC(C)CC1CCC2(C1)CC(CC1CCC(N)[NH2+]C1)CC(C13CCC(C([NH3+])(CCO)C1)C(C)(C)O3)C2. The van der Waals surface area contributed by atoms with E-state index in [4.69, 9.17) is 16.2 Å². The highest BCUT2D eigenvalue weighted by Gasteiger charge is 2.66. The Morgan fingerprint density at radius 2 is 1.81 bits per heavy atom. The van der Waals surface area contributed by atoms with Crippen LogP contribution < -0.4 is 16.8 Å². The largest absolute Gasteiger partial charge is 0.396 e. The Balaban J connectivity index is 1.40. The Morgan fingerprint density at radius 3 is 2.47 bits per heavy atom. The topological polar surface area (TPSA) is 99.7 Å². The number of quaternary nitrogens is 2. The Morgan fingerprint density at radius 1 is 1.03 bits per heavy atom. The number of nitrogens with two attached hydrogens (primary N) is 2. The van der Waals surface area contributed by atoms with Crippen LogP contribution in [0.25, 0.3) is 0 Å². The van der Waals surface area contributed by atoms with Crippen LogP contribution in [0.1, 0.15) is 118 Å². The van der Waals surface area contributed by atoms with Crippen molar-refractivity contribution in [2.75, 3.05) is 13.2 Å². The summed E-state index contributed by atoms with van der Waals surface area (Å²) in [5, 5.41) is 12.4. The second-order valence-corrected chi connectivity index (χ2v) is 15.6. The van der Waals surface area contributed by atoms with Crippen molar-refractivity contribution in [3.63, 3.8) is 0 Å². The Labute approximate surface area is 221 Å². The number of hydrogen-bond donors (Lipinski definition) is 4. The smallest absolute Gasteiger partial charge is 0.137 e. The maximum atomic E-state index is 10.00. The van der Waals surface area contributed by atoms with Crippen LogP contribution in [0.2, 0.25) is 0 Å². The van der Waals surface area contributed by atoms with Crippen molar-refractivity contribution in [3.05, 3.63) is 0 Å². The van der Waals surface area contributed by atoms with Crippen molar-refractivity contribution in [2.45, 2.75) is 140 Å². The predicted molar refractivity (Wildman–Crippen MR) is 145 cm³/mol. The zero-order valence-corrected chi connectivity index (χ0v) is 24.1. The van der Waals surface area contributed by atoms with E-state index in [0.29, 0.717) is 23.4 Å². The second-order valence-electron chi connectivity index (χ2n) is 15.6. The van der Waals surface area contributed by atoms with E-state index in [1.54, 1.807) is 0 Å². The minimum atomic E-state index is -0.141. The molecule has 6 rings (SSSR count). The van der Waals surface area contributed by atoms with Crippen LogP contribution in [0.4, 0.5) is 0 Å². The van der Waals surface area contributed by atoms with Gasteiger partial charge in [0.15, 0.2) is 0 Å². The van der Waals surface area contributed by atoms with E-state index in [-0.39, 0.29) is 23.3 Å². The predicted octanol–water partition coefficient (Wildman–Crippen LogP) is 3.59. The summed E-state index contributed by atoms with van der Waals surface area (Å²) in [5.41, 5.74) is 11.4. The quantitative estimate of drug-likeness (QED) is 0.425. The van der Waals surface area contributed by atoms with Gasteiger partial charge < -0.3 is 20.9 Å². The first-order chi connectivity index (χ1) is 17.0. The average Bonchev–Trinajstić information content (AvgIpc) is 3.14. The molecule has 9 unspecified atom stereocenters. The van der Waals surface area contributed by atoms with E-state index >= 15 is 0 Å². The number of hydrogen-bond acceptors (Lipinski definition) is 3. The maximum Gasteiger partial charge on any atom is 0.137 e. The van der Waals surface area contributed by atoms with Crippen LogP contribution >= 0.6 is 0 Å². The summed E-state index contributed by atoms with van der Waals surface area (Å²) in [6, 6.07) is 0. The molecule has 0 radical (unpaired) electrons. The van der Waals surface area contributed by atoms with Crippen LogP contribution in [0, 0.1) is 40.9 Å². The third kappa shape index (κ3) is 5.30. The van der Waals surface area contributed by atoms with Crippen LogP contribution in [-0.2, 0) is 4.74 Å². The number of aliphatic hydroxyl groups is 1. The molecule has 0 aromatic heterocycles. The van der Waals surface area contributed by atoms with Crippen LogP contribution in [-0.4, -0.2) is 41.2 Å². The van der Waals surface area contributed by atoms with Gasteiger partial charge in [0.1, 0.15) is 11.7 Å². The summed E-state index contributed by atoms with van der Waals surface area (Å²) in [4.78, 5) is 0. The van der Waals surface area contributed by atoms with Gasteiger partial charge >= 0.3 is 0 Å². The summed E-state index contributed by atoms with van der Waals surface area (Å²) >= 11 is 0. The minimum absolute atomic E-state index is 0.0425. The molecule has 2 bridgehead atoms. The zero-order chi connectivity index (χ0) is 25.8. The van der Waals surface area contributed by atoms with Gasteiger partial charge in [-0.2, -0.15) is 0 Å². The van der Waals surface area contributed by atoms with Crippen LogP contribution in [0.5, 0.6) is 0 Å². The van der Waals surface area contributed by atoms with E-state index in [0.717, 1.165) is 36.5 Å². The molecule has 3 saturated heterocycles. The Hall–Kier alpha value is -0.200. The number of piperidine rings is 1. The summed E-state index contributed by atoms with van der Waals surface area (Å²) in [7, 11) is 0. The maximum absolute atomic E-state index is 10.00. The molecule has 3 aliphatic carbocycles. The van der Waals surface area contributed by atoms with Crippen molar-refractivity contribution >= 4 is 0 Å². The fourth-order valence-electron chi connectivity index (χ4n) is 10.8. The van der Waals surface area contributed by atoms with Gasteiger partial charge in [-0.15, -0.1) is 0 Å². The molecule has 6 aliphatic rings. The van der Waals surface area contributed by atoms with Crippen molar-refractivity contribution in [2.24, 2.45) is 46.7 Å². The van der Waals surface area contributed by atoms with Crippen LogP contribution in [0.3, 0.4) is 0 Å². The van der Waals surface area contributed by atoms with E-state index in [2.05, 4.69) is 33.0 Å². The van der Waals surface area contributed by atoms with E-state index in [9.17, 15) is 5.11 Å². The lowest BCUT2D eigenvalue weighted by molar-refractivity contribution is -0.703. The van der Waals surface area contributed by atoms with Crippen molar-refractivity contribution < 1.29 is 20.9 Å².